The molecule has 0 spiro atoms. The SMILES string of the molecule is CCc1ccccc1OCCNC(=O)Cc1ccccc1. The number of carbonyl (C=O) groups excluding carboxylic acids is 1. The van der Waals surface area contributed by atoms with Gasteiger partial charge in [-0.2, -0.15) is 0 Å². The van der Waals surface area contributed by atoms with Gasteiger partial charge in [0.2, 0.25) is 5.91 Å². The highest BCUT2D eigenvalue weighted by molar-refractivity contribution is 5.78. The minimum Gasteiger partial charge on any atom is -0.491 e. The van der Waals surface area contributed by atoms with Crippen molar-refractivity contribution < 1.29 is 9.53 Å². The predicted molar refractivity (Wildman–Crippen MR) is 84.5 cm³/mol. The van der Waals surface area contributed by atoms with Crippen LogP contribution >= 0.6 is 0 Å². The molecule has 21 heavy (non-hydrogen) atoms. The molecule has 2 rings (SSSR count). The van der Waals surface area contributed by atoms with Crippen LogP contribution < -0.4 is 10.1 Å². The fourth-order valence-electron chi connectivity index (χ4n) is 2.13. The Morgan fingerprint density at radius 3 is 2.52 bits per heavy atom. The van der Waals surface area contributed by atoms with E-state index in [1.807, 2.05) is 48.5 Å². The predicted octanol–water partition coefficient (Wildman–Crippen LogP) is 2.99. The van der Waals surface area contributed by atoms with Gasteiger partial charge < -0.3 is 10.1 Å². The summed E-state index contributed by atoms with van der Waals surface area (Å²) in [7, 11) is 0. The van der Waals surface area contributed by atoms with Crippen LogP contribution in [0.5, 0.6) is 5.75 Å². The third kappa shape index (κ3) is 4.95. The third-order valence-corrected chi connectivity index (χ3v) is 3.24. The van der Waals surface area contributed by atoms with Crippen LogP contribution in [-0.4, -0.2) is 19.1 Å². The summed E-state index contributed by atoms with van der Waals surface area (Å²) in [5, 5.41) is 2.87. The van der Waals surface area contributed by atoms with Gasteiger partial charge in [-0.25, -0.2) is 0 Å². The lowest BCUT2D eigenvalue weighted by molar-refractivity contribution is -0.120. The first-order valence-corrected chi connectivity index (χ1v) is 7.31. The van der Waals surface area contributed by atoms with Crippen molar-refractivity contribution >= 4 is 5.91 Å². The molecule has 0 saturated heterocycles. The van der Waals surface area contributed by atoms with Gasteiger partial charge in [-0.3, -0.25) is 4.79 Å². The van der Waals surface area contributed by atoms with Gasteiger partial charge in [0.15, 0.2) is 0 Å². The van der Waals surface area contributed by atoms with E-state index in [-0.39, 0.29) is 5.91 Å². The number of rotatable bonds is 7. The quantitative estimate of drug-likeness (QED) is 0.793. The van der Waals surface area contributed by atoms with Crippen LogP contribution in [-0.2, 0) is 17.6 Å². The van der Waals surface area contributed by atoms with E-state index in [1.165, 1.54) is 5.56 Å². The summed E-state index contributed by atoms with van der Waals surface area (Å²) in [6.45, 7) is 3.10. The number of benzene rings is 2. The van der Waals surface area contributed by atoms with Gasteiger partial charge >= 0.3 is 0 Å². The zero-order valence-corrected chi connectivity index (χ0v) is 12.3. The number of carbonyl (C=O) groups is 1. The van der Waals surface area contributed by atoms with Crippen molar-refractivity contribution in [3.05, 3.63) is 65.7 Å². The first kappa shape index (κ1) is 15.1. The van der Waals surface area contributed by atoms with E-state index in [0.29, 0.717) is 19.6 Å². The maximum absolute atomic E-state index is 11.8. The number of aryl methyl sites for hydroxylation is 1. The molecule has 0 fully saturated rings. The minimum atomic E-state index is 0.0218. The Labute approximate surface area is 126 Å². The lowest BCUT2D eigenvalue weighted by Gasteiger charge is -2.11. The van der Waals surface area contributed by atoms with Gasteiger partial charge in [0.05, 0.1) is 13.0 Å². The van der Waals surface area contributed by atoms with Crippen molar-refractivity contribution in [3.63, 3.8) is 0 Å². The van der Waals surface area contributed by atoms with E-state index in [0.717, 1.165) is 17.7 Å². The van der Waals surface area contributed by atoms with E-state index in [2.05, 4.69) is 18.3 Å². The van der Waals surface area contributed by atoms with Crippen LogP contribution in [0.2, 0.25) is 0 Å². The second kappa shape index (κ2) is 8.10. The molecule has 1 N–H and O–H groups in total. The summed E-state index contributed by atoms with van der Waals surface area (Å²) < 4.78 is 5.71. The molecular formula is C18H21NO2. The Morgan fingerprint density at radius 2 is 1.76 bits per heavy atom. The second-order valence-electron chi connectivity index (χ2n) is 4.82. The van der Waals surface area contributed by atoms with E-state index >= 15 is 0 Å². The molecule has 0 unspecified atom stereocenters. The second-order valence-corrected chi connectivity index (χ2v) is 4.82. The number of hydrogen-bond donors (Lipinski definition) is 1. The van der Waals surface area contributed by atoms with E-state index < -0.39 is 0 Å². The molecule has 0 atom stereocenters. The van der Waals surface area contributed by atoms with Crippen molar-refractivity contribution in [2.75, 3.05) is 13.2 Å². The Morgan fingerprint density at radius 1 is 1.05 bits per heavy atom. The molecule has 110 valence electrons. The standard InChI is InChI=1S/C18H21NO2/c1-2-16-10-6-7-11-17(16)21-13-12-19-18(20)14-15-8-4-3-5-9-15/h3-11H,2,12-14H2,1H3,(H,19,20). The van der Waals surface area contributed by atoms with Crippen LogP contribution in [0.3, 0.4) is 0 Å². The molecule has 0 aliphatic carbocycles. The van der Waals surface area contributed by atoms with Gasteiger partial charge in [0, 0.05) is 0 Å². The van der Waals surface area contributed by atoms with E-state index in [4.69, 9.17) is 4.74 Å². The van der Waals surface area contributed by atoms with Crippen LogP contribution in [0.25, 0.3) is 0 Å². The van der Waals surface area contributed by atoms with Gasteiger partial charge in [-0.15, -0.1) is 0 Å². The third-order valence-electron chi connectivity index (χ3n) is 3.24. The van der Waals surface area contributed by atoms with Crippen LogP contribution in [0, 0.1) is 0 Å². The smallest absolute Gasteiger partial charge is 0.224 e. The number of amides is 1. The summed E-state index contributed by atoms with van der Waals surface area (Å²) in [4.78, 5) is 11.8. The zero-order valence-electron chi connectivity index (χ0n) is 12.3. The zero-order chi connectivity index (χ0) is 14.9. The van der Waals surface area contributed by atoms with Crippen LogP contribution in [0.1, 0.15) is 18.1 Å². The fraction of sp³-hybridized carbons (Fsp3) is 0.278. The molecule has 1 amide bonds. The van der Waals surface area contributed by atoms with Gasteiger partial charge in [0.25, 0.3) is 0 Å². The molecule has 2 aromatic carbocycles. The Balaban J connectivity index is 1.71. The molecule has 0 aliphatic rings. The molecule has 0 saturated carbocycles. The molecule has 2 aromatic rings. The molecule has 0 aliphatic heterocycles. The van der Waals surface area contributed by atoms with Gasteiger partial charge in [-0.1, -0.05) is 55.5 Å². The molecule has 0 bridgehead atoms. The largest absolute Gasteiger partial charge is 0.491 e. The summed E-state index contributed by atoms with van der Waals surface area (Å²) in [5.74, 6) is 0.922. The average Bonchev–Trinajstić information content (AvgIpc) is 2.53. The molecule has 0 radical (unpaired) electrons. The lowest BCUT2D eigenvalue weighted by atomic mass is 10.1. The van der Waals surface area contributed by atoms with Crippen molar-refractivity contribution in [1.29, 1.82) is 0 Å². The Bertz CT molecular complexity index is 566. The highest BCUT2D eigenvalue weighted by atomic mass is 16.5. The summed E-state index contributed by atoms with van der Waals surface area (Å²) in [6.07, 6.45) is 1.35. The van der Waals surface area contributed by atoms with Crippen molar-refractivity contribution in [3.8, 4) is 5.75 Å². The Kier molecular flexibility index (Phi) is 5.83. The first-order chi connectivity index (χ1) is 10.3. The summed E-state index contributed by atoms with van der Waals surface area (Å²) in [5.41, 5.74) is 2.21. The van der Waals surface area contributed by atoms with Gasteiger partial charge in [0.1, 0.15) is 12.4 Å². The monoisotopic (exact) mass is 283 g/mol. The van der Waals surface area contributed by atoms with E-state index in [9.17, 15) is 4.79 Å². The van der Waals surface area contributed by atoms with Crippen LogP contribution in [0.4, 0.5) is 0 Å². The highest BCUT2D eigenvalue weighted by Crippen LogP contribution is 2.17. The number of nitrogens with one attached hydrogen (secondary N) is 1. The van der Waals surface area contributed by atoms with Crippen LogP contribution in [0.15, 0.2) is 54.6 Å². The van der Waals surface area contributed by atoms with Crippen molar-refractivity contribution in [1.82, 2.24) is 5.32 Å². The molecular weight excluding hydrogens is 262 g/mol. The highest BCUT2D eigenvalue weighted by Gasteiger charge is 2.03. The van der Waals surface area contributed by atoms with Crippen molar-refractivity contribution in [2.45, 2.75) is 19.8 Å². The molecule has 0 aromatic heterocycles. The number of ether oxygens (including phenoxy) is 1. The fourth-order valence-corrected chi connectivity index (χ4v) is 2.13. The first-order valence-electron chi connectivity index (χ1n) is 7.31. The molecule has 0 heterocycles. The minimum absolute atomic E-state index is 0.0218. The normalized spacial score (nSPS) is 10.1. The Hall–Kier alpha value is -2.29. The number of hydrogen-bond acceptors (Lipinski definition) is 2. The molecule has 3 nitrogen and oxygen atoms in total. The molecule has 3 heteroatoms. The maximum Gasteiger partial charge on any atom is 0.224 e. The summed E-state index contributed by atoms with van der Waals surface area (Å²) in [6, 6.07) is 17.7. The summed E-state index contributed by atoms with van der Waals surface area (Å²) >= 11 is 0. The maximum atomic E-state index is 11.8. The topological polar surface area (TPSA) is 38.3 Å². The number of para-hydroxylation sites is 1. The van der Waals surface area contributed by atoms with E-state index in [1.54, 1.807) is 0 Å². The van der Waals surface area contributed by atoms with Gasteiger partial charge in [-0.05, 0) is 23.6 Å². The van der Waals surface area contributed by atoms with Crippen molar-refractivity contribution in [2.24, 2.45) is 0 Å². The lowest BCUT2D eigenvalue weighted by Crippen LogP contribution is -2.29. The average molecular weight is 283 g/mol.